The second-order valence-electron chi connectivity index (χ2n) is 4.59. The van der Waals surface area contributed by atoms with Crippen molar-refractivity contribution in [2.75, 3.05) is 5.32 Å². The molecule has 1 N–H and O–H groups in total. The van der Waals surface area contributed by atoms with E-state index < -0.39 is 5.82 Å². The van der Waals surface area contributed by atoms with Crippen LogP contribution in [0.5, 0.6) is 0 Å². The fourth-order valence-corrected chi connectivity index (χ4v) is 2.12. The SMILES string of the molecule is Cc1cc(-c2cc(C=O)cc(F)c2C)ccc1NC=O. The van der Waals surface area contributed by atoms with Crippen LogP contribution in [-0.2, 0) is 4.79 Å². The van der Waals surface area contributed by atoms with E-state index in [0.29, 0.717) is 35.1 Å². The molecule has 0 unspecified atom stereocenters. The Morgan fingerprint density at radius 3 is 2.45 bits per heavy atom. The maximum Gasteiger partial charge on any atom is 0.211 e. The summed E-state index contributed by atoms with van der Waals surface area (Å²) in [6.45, 7) is 3.52. The van der Waals surface area contributed by atoms with Gasteiger partial charge in [0.25, 0.3) is 0 Å². The number of aryl methyl sites for hydroxylation is 1. The van der Waals surface area contributed by atoms with Crippen LogP contribution in [-0.4, -0.2) is 12.7 Å². The summed E-state index contributed by atoms with van der Waals surface area (Å²) in [5, 5.41) is 2.59. The Hall–Kier alpha value is -2.49. The first-order valence-corrected chi connectivity index (χ1v) is 6.13. The summed E-state index contributed by atoms with van der Waals surface area (Å²) in [6, 6.07) is 8.27. The Morgan fingerprint density at radius 1 is 1.10 bits per heavy atom. The summed E-state index contributed by atoms with van der Waals surface area (Å²) in [5.74, 6) is -0.405. The molecule has 0 fully saturated rings. The van der Waals surface area contributed by atoms with Gasteiger partial charge in [0.05, 0.1) is 0 Å². The van der Waals surface area contributed by atoms with E-state index in [0.717, 1.165) is 11.1 Å². The van der Waals surface area contributed by atoms with Gasteiger partial charge >= 0.3 is 0 Å². The molecule has 0 aliphatic rings. The topological polar surface area (TPSA) is 46.2 Å². The van der Waals surface area contributed by atoms with Crippen LogP contribution in [0.2, 0.25) is 0 Å². The minimum absolute atomic E-state index is 0.302. The highest BCUT2D eigenvalue weighted by atomic mass is 19.1. The summed E-state index contributed by atoms with van der Waals surface area (Å²) in [5.41, 5.74) is 3.84. The maximum absolute atomic E-state index is 13.8. The van der Waals surface area contributed by atoms with Crippen molar-refractivity contribution in [3.8, 4) is 11.1 Å². The van der Waals surface area contributed by atoms with Crippen LogP contribution in [0, 0.1) is 19.7 Å². The maximum atomic E-state index is 13.8. The van der Waals surface area contributed by atoms with E-state index in [9.17, 15) is 14.0 Å². The molecule has 2 aromatic rings. The summed E-state index contributed by atoms with van der Waals surface area (Å²) < 4.78 is 13.8. The predicted molar refractivity (Wildman–Crippen MR) is 76.4 cm³/mol. The molecule has 0 atom stereocenters. The first-order valence-electron chi connectivity index (χ1n) is 6.13. The van der Waals surface area contributed by atoms with Crippen LogP contribution in [0.3, 0.4) is 0 Å². The summed E-state index contributed by atoms with van der Waals surface area (Å²) in [4.78, 5) is 21.3. The predicted octanol–water partition coefficient (Wildman–Crippen LogP) is 3.49. The fourth-order valence-electron chi connectivity index (χ4n) is 2.12. The third-order valence-corrected chi connectivity index (χ3v) is 3.25. The van der Waals surface area contributed by atoms with Gasteiger partial charge < -0.3 is 5.32 Å². The molecule has 0 radical (unpaired) electrons. The normalized spacial score (nSPS) is 10.2. The Morgan fingerprint density at radius 2 is 1.85 bits per heavy atom. The van der Waals surface area contributed by atoms with Crippen LogP contribution >= 0.6 is 0 Å². The molecule has 0 aliphatic carbocycles. The number of carbonyl (C=O) groups is 2. The zero-order valence-electron chi connectivity index (χ0n) is 11.2. The van der Waals surface area contributed by atoms with Gasteiger partial charge in [-0.05, 0) is 60.4 Å². The van der Waals surface area contributed by atoms with Crippen molar-refractivity contribution >= 4 is 18.4 Å². The third-order valence-electron chi connectivity index (χ3n) is 3.25. The molecule has 0 spiro atoms. The summed E-state index contributed by atoms with van der Waals surface area (Å²) >= 11 is 0. The number of amides is 1. The Labute approximate surface area is 116 Å². The average Bonchev–Trinajstić information content (AvgIpc) is 2.44. The summed E-state index contributed by atoms with van der Waals surface area (Å²) in [7, 11) is 0. The molecular weight excluding hydrogens is 257 g/mol. The van der Waals surface area contributed by atoms with Crippen molar-refractivity contribution in [3.63, 3.8) is 0 Å². The molecule has 102 valence electrons. The van der Waals surface area contributed by atoms with Crippen molar-refractivity contribution < 1.29 is 14.0 Å². The minimum Gasteiger partial charge on any atom is -0.328 e. The molecule has 0 heterocycles. The lowest BCUT2D eigenvalue weighted by atomic mass is 9.96. The van der Waals surface area contributed by atoms with Crippen LogP contribution in [0.4, 0.5) is 10.1 Å². The van der Waals surface area contributed by atoms with Gasteiger partial charge in [-0.1, -0.05) is 6.07 Å². The van der Waals surface area contributed by atoms with Gasteiger partial charge in [-0.25, -0.2) is 4.39 Å². The number of carbonyl (C=O) groups excluding carboxylic acids is 2. The van der Waals surface area contributed by atoms with Gasteiger partial charge in [-0.3, -0.25) is 9.59 Å². The average molecular weight is 271 g/mol. The van der Waals surface area contributed by atoms with Crippen molar-refractivity contribution in [1.29, 1.82) is 0 Å². The molecule has 1 amide bonds. The van der Waals surface area contributed by atoms with Gasteiger partial charge in [0.1, 0.15) is 12.1 Å². The molecule has 4 heteroatoms. The van der Waals surface area contributed by atoms with E-state index in [2.05, 4.69) is 5.32 Å². The van der Waals surface area contributed by atoms with Crippen LogP contribution < -0.4 is 5.32 Å². The number of hydrogen-bond acceptors (Lipinski definition) is 2. The fraction of sp³-hybridized carbons (Fsp3) is 0.125. The smallest absolute Gasteiger partial charge is 0.211 e. The molecule has 0 saturated heterocycles. The van der Waals surface area contributed by atoms with Crippen molar-refractivity contribution in [1.82, 2.24) is 0 Å². The molecule has 2 aromatic carbocycles. The van der Waals surface area contributed by atoms with Gasteiger partial charge in [-0.2, -0.15) is 0 Å². The lowest BCUT2D eigenvalue weighted by Crippen LogP contribution is -1.97. The lowest BCUT2D eigenvalue weighted by Gasteiger charge is -2.11. The minimum atomic E-state index is -0.405. The number of aldehydes is 1. The lowest BCUT2D eigenvalue weighted by molar-refractivity contribution is -0.105. The van der Waals surface area contributed by atoms with E-state index in [1.54, 1.807) is 25.1 Å². The van der Waals surface area contributed by atoms with Gasteiger partial charge in [0.15, 0.2) is 0 Å². The Balaban J connectivity index is 2.56. The molecule has 0 aliphatic heterocycles. The van der Waals surface area contributed by atoms with E-state index in [-0.39, 0.29) is 0 Å². The molecule has 3 nitrogen and oxygen atoms in total. The zero-order valence-corrected chi connectivity index (χ0v) is 11.2. The third kappa shape index (κ3) is 2.59. The van der Waals surface area contributed by atoms with Crippen molar-refractivity contribution in [2.24, 2.45) is 0 Å². The number of rotatable bonds is 4. The Bertz CT molecular complexity index is 680. The molecule has 20 heavy (non-hydrogen) atoms. The monoisotopic (exact) mass is 271 g/mol. The largest absolute Gasteiger partial charge is 0.328 e. The molecule has 2 rings (SSSR count). The second-order valence-corrected chi connectivity index (χ2v) is 4.59. The second kappa shape index (κ2) is 5.65. The number of benzene rings is 2. The number of nitrogens with one attached hydrogen (secondary N) is 1. The van der Waals surface area contributed by atoms with E-state index in [1.807, 2.05) is 13.0 Å². The standard InChI is InChI=1S/C16H14FNO2/c1-10-5-13(3-4-16(10)18-9-20)14-6-12(8-19)7-15(17)11(14)2/h3-9H,1-2H3,(H,18,20). The van der Waals surface area contributed by atoms with Gasteiger partial charge in [0, 0.05) is 11.3 Å². The first-order chi connectivity index (χ1) is 9.56. The number of anilines is 1. The highest BCUT2D eigenvalue weighted by molar-refractivity contribution is 5.82. The summed E-state index contributed by atoms with van der Waals surface area (Å²) in [6.07, 6.45) is 1.24. The number of halogens is 1. The number of hydrogen-bond donors (Lipinski definition) is 1. The van der Waals surface area contributed by atoms with Gasteiger partial charge in [0.2, 0.25) is 6.41 Å². The Kier molecular flexibility index (Phi) is 3.94. The molecular formula is C16H14FNO2. The molecule has 0 saturated carbocycles. The van der Waals surface area contributed by atoms with Gasteiger partial charge in [-0.15, -0.1) is 0 Å². The first kappa shape index (κ1) is 13.9. The van der Waals surface area contributed by atoms with Crippen molar-refractivity contribution in [3.05, 3.63) is 52.8 Å². The zero-order chi connectivity index (χ0) is 14.7. The van der Waals surface area contributed by atoms with Crippen LogP contribution in [0.15, 0.2) is 30.3 Å². The van der Waals surface area contributed by atoms with E-state index in [1.165, 1.54) is 6.07 Å². The van der Waals surface area contributed by atoms with Crippen LogP contribution in [0.25, 0.3) is 11.1 Å². The highest BCUT2D eigenvalue weighted by Crippen LogP contribution is 2.29. The van der Waals surface area contributed by atoms with Crippen molar-refractivity contribution in [2.45, 2.75) is 13.8 Å². The quantitative estimate of drug-likeness (QED) is 0.865. The van der Waals surface area contributed by atoms with E-state index in [4.69, 9.17) is 0 Å². The molecule has 0 bridgehead atoms. The highest BCUT2D eigenvalue weighted by Gasteiger charge is 2.10. The van der Waals surface area contributed by atoms with Crippen LogP contribution in [0.1, 0.15) is 21.5 Å². The molecule has 0 aromatic heterocycles. The van der Waals surface area contributed by atoms with E-state index >= 15 is 0 Å².